The van der Waals surface area contributed by atoms with Crippen molar-refractivity contribution in [3.05, 3.63) is 40.7 Å². The van der Waals surface area contributed by atoms with Gasteiger partial charge in [0.2, 0.25) is 5.91 Å². The molecule has 2 N–H and O–H groups in total. The summed E-state index contributed by atoms with van der Waals surface area (Å²) >= 11 is 1.60. The number of nitrogens with zero attached hydrogens (tertiary/aromatic N) is 4. The van der Waals surface area contributed by atoms with Crippen molar-refractivity contribution in [2.45, 2.75) is 19.9 Å². The van der Waals surface area contributed by atoms with Crippen LogP contribution in [0.25, 0.3) is 10.2 Å². The molecule has 146 valence electrons. The molecule has 9 heteroatoms. The summed E-state index contributed by atoms with van der Waals surface area (Å²) in [6.07, 6.45) is 1.54. The number of nitrogens with one attached hydrogen (secondary N) is 2. The van der Waals surface area contributed by atoms with E-state index in [0.29, 0.717) is 25.2 Å². The van der Waals surface area contributed by atoms with E-state index in [9.17, 15) is 9.59 Å². The molecule has 8 nitrogen and oxygen atoms in total. The average molecular weight is 398 g/mol. The molecule has 0 spiro atoms. The zero-order chi connectivity index (χ0) is 19.8. The van der Waals surface area contributed by atoms with Crippen LogP contribution >= 0.6 is 11.3 Å². The van der Waals surface area contributed by atoms with Gasteiger partial charge in [-0.3, -0.25) is 19.6 Å². The van der Waals surface area contributed by atoms with E-state index in [4.69, 9.17) is 0 Å². The van der Waals surface area contributed by atoms with Crippen molar-refractivity contribution in [2.24, 2.45) is 0 Å². The molecular formula is C19H22N6O2S. The Labute approximate surface area is 166 Å². The maximum atomic E-state index is 12.9. The SMILES string of the molecule is Cc1nc2ccc(NC(=O)C3CN(C(=O)c4cn[nH]c4C)CCN3C)cc2s1. The van der Waals surface area contributed by atoms with Gasteiger partial charge in [0, 0.05) is 31.0 Å². The summed E-state index contributed by atoms with van der Waals surface area (Å²) in [5, 5.41) is 10.7. The fourth-order valence-corrected chi connectivity index (χ4v) is 4.29. The molecule has 28 heavy (non-hydrogen) atoms. The highest BCUT2D eigenvalue weighted by molar-refractivity contribution is 7.18. The smallest absolute Gasteiger partial charge is 0.257 e. The molecule has 4 rings (SSSR count). The van der Waals surface area contributed by atoms with Crippen molar-refractivity contribution in [1.82, 2.24) is 25.0 Å². The third-order valence-corrected chi connectivity index (χ3v) is 5.99. The van der Waals surface area contributed by atoms with Crippen molar-refractivity contribution in [1.29, 1.82) is 0 Å². The summed E-state index contributed by atoms with van der Waals surface area (Å²) in [7, 11) is 1.91. The van der Waals surface area contributed by atoms with Crippen LogP contribution in [0.5, 0.6) is 0 Å². The van der Waals surface area contributed by atoms with Gasteiger partial charge in [0.15, 0.2) is 0 Å². The quantitative estimate of drug-likeness (QED) is 0.704. The molecule has 1 atom stereocenters. The summed E-state index contributed by atoms with van der Waals surface area (Å²) in [4.78, 5) is 33.8. The molecule has 0 aliphatic carbocycles. The molecule has 3 aromatic rings. The van der Waals surface area contributed by atoms with Crippen LogP contribution in [0.4, 0.5) is 5.69 Å². The lowest BCUT2D eigenvalue weighted by atomic mass is 10.1. The lowest BCUT2D eigenvalue weighted by Gasteiger charge is -2.38. The Hall–Kier alpha value is -2.78. The van der Waals surface area contributed by atoms with Crippen molar-refractivity contribution in [2.75, 3.05) is 32.0 Å². The lowest BCUT2D eigenvalue weighted by molar-refractivity contribution is -0.122. The number of carbonyl (C=O) groups excluding carboxylic acids is 2. The molecule has 1 unspecified atom stereocenters. The number of thiazole rings is 1. The Balaban J connectivity index is 1.48. The fourth-order valence-electron chi connectivity index (χ4n) is 3.42. The molecule has 0 radical (unpaired) electrons. The van der Waals surface area contributed by atoms with Crippen LogP contribution < -0.4 is 5.32 Å². The Morgan fingerprint density at radius 3 is 2.86 bits per heavy atom. The molecule has 1 fully saturated rings. The van der Waals surface area contributed by atoms with Gasteiger partial charge in [-0.05, 0) is 39.1 Å². The summed E-state index contributed by atoms with van der Waals surface area (Å²) in [6.45, 7) is 5.34. The molecular weight excluding hydrogens is 376 g/mol. The van der Waals surface area contributed by atoms with Gasteiger partial charge in [0.05, 0.1) is 27.0 Å². The number of aryl methyl sites for hydroxylation is 2. The summed E-state index contributed by atoms with van der Waals surface area (Å²) in [5.74, 6) is -0.219. The number of piperazine rings is 1. The highest BCUT2D eigenvalue weighted by Gasteiger charge is 2.33. The minimum atomic E-state index is -0.413. The predicted molar refractivity (Wildman–Crippen MR) is 109 cm³/mol. The Morgan fingerprint density at radius 2 is 2.11 bits per heavy atom. The number of H-pyrrole nitrogens is 1. The fraction of sp³-hybridized carbons (Fsp3) is 0.368. The van der Waals surface area contributed by atoms with Crippen molar-refractivity contribution < 1.29 is 9.59 Å². The largest absolute Gasteiger partial charge is 0.335 e. The van der Waals surface area contributed by atoms with E-state index in [2.05, 4.69) is 20.5 Å². The van der Waals surface area contributed by atoms with Gasteiger partial charge in [-0.1, -0.05) is 0 Å². The van der Waals surface area contributed by atoms with Crippen molar-refractivity contribution >= 4 is 39.1 Å². The highest BCUT2D eigenvalue weighted by atomic mass is 32.1. The van der Waals surface area contributed by atoms with E-state index in [-0.39, 0.29) is 11.8 Å². The number of likely N-dealkylation sites (N-methyl/N-ethyl adjacent to an activating group) is 1. The van der Waals surface area contributed by atoms with Crippen LogP contribution in [0.3, 0.4) is 0 Å². The number of amides is 2. The highest BCUT2D eigenvalue weighted by Crippen LogP contribution is 2.25. The van der Waals surface area contributed by atoms with Gasteiger partial charge in [-0.2, -0.15) is 5.10 Å². The monoisotopic (exact) mass is 398 g/mol. The first-order valence-electron chi connectivity index (χ1n) is 9.10. The minimum absolute atomic E-state index is 0.0984. The molecule has 1 aliphatic heterocycles. The second-order valence-corrected chi connectivity index (χ2v) is 8.30. The first-order valence-corrected chi connectivity index (χ1v) is 9.91. The molecule has 0 bridgehead atoms. The number of aromatic nitrogens is 3. The van der Waals surface area contributed by atoms with Crippen LogP contribution in [0.1, 0.15) is 21.1 Å². The molecule has 1 aliphatic rings. The Kier molecular flexibility index (Phi) is 4.86. The topological polar surface area (TPSA) is 94.2 Å². The van der Waals surface area contributed by atoms with E-state index in [1.54, 1.807) is 16.2 Å². The number of fused-ring (bicyclic) bond motifs is 1. The van der Waals surface area contributed by atoms with Gasteiger partial charge >= 0.3 is 0 Å². The number of hydrogen-bond donors (Lipinski definition) is 2. The molecule has 0 saturated carbocycles. The number of anilines is 1. The van der Waals surface area contributed by atoms with E-state index in [1.165, 1.54) is 6.20 Å². The zero-order valence-corrected chi connectivity index (χ0v) is 16.8. The van der Waals surface area contributed by atoms with Crippen LogP contribution in [-0.2, 0) is 4.79 Å². The van der Waals surface area contributed by atoms with Crippen LogP contribution in [-0.4, -0.2) is 69.5 Å². The first-order chi connectivity index (χ1) is 13.4. The molecule has 1 aromatic carbocycles. The lowest BCUT2D eigenvalue weighted by Crippen LogP contribution is -2.57. The average Bonchev–Trinajstić information content (AvgIpc) is 3.25. The number of carbonyl (C=O) groups is 2. The van der Waals surface area contributed by atoms with Gasteiger partial charge < -0.3 is 10.2 Å². The van der Waals surface area contributed by atoms with Gasteiger partial charge in [-0.15, -0.1) is 11.3 Å². The number of benzene rings is 1. The molecule has 2 amide bonds. The van der Waals surface area contributed by atoms with E-state index >= 15 is 0 Å². The first kappa shape index (κ1) is 18.6. The summed E-state index contributed by atoms with van der Waals surface area (Å²) in [6, 6.07) is 5.30. The van der Waals surface area contributed by atoms with E-state index < -0.39 is 6.04 Å². The molecule has 3 heterocycles. The third kappa shape index (κ3) is 3.50. The van der Waals surface area contributed by atoms with Crippen LogP contribution in [0, 0.1) is 13.8 Å². The third-order valence-electron chi connectivity index (χ3n) is 5.06. The number of rotatable bonds is 3. The maximum absolute atomic E-state index is 12.9. The van der Waals surface area contributed by atoms with Gasteiger partial charge in [0.25, 0.3) is 5.91 Å². The van der Waals surface area contributed by atoms with Gasteiger partial charge in [0.1, 0.15) is 6.04 Å². The molecule has 1 saturated heterocycles. The van der Waals surface area contributed by atoms with Crippen LogP contribution in [0.15, 0.2) is 24.4 Å². The normalized spacial score (nSPS) is 17.8. The zero-order valence-electron chi connectivity index (χ0n) is 16.0. The summed E-state index contributed by atoms with van der Waals surface area (Å²) in [5.41, 5.74) is 2.96. The van der Waals surface area contributed by atoms with Gasteiger partial charge in [-0.25, -0.2) is 4.98 Å². The standard InChI is InChI=1S/C19H22N6O2S/c1-11-14(9-20-23-11)19(27)25-7-6-24(3)16(10-25)18(26)22-13-4-5-15-17(8-13)28-12(2)21-15/h4-5,8-9,16H,6-7,10H2,1-3H3,(H,20,23)(H,22,26). The number of hydrogen-bond acceptors (Lipinski definition) is 6. The predicted octanol–water partition coefficient (Wildman–Crippen LogP) is 2.03. The second-order valence-electron chi connectivity index (χ2n) is 7.06. The Bertz CT molecular complexity index is 1040. The van der Waals surface area contributed by atoms with Crippen molar-refractivity contribution in [3.63, 3.8) is 0 Å². The van der Waals surface area contributed by atoms with Crippen LogP contribution in [0.2, 0.25) is 0 Å². The molecule has 2 aromatic heterocycles. The minimum Gasteiger partial charge on any atom is -0.335 e. The second kappa shape index (κ2) is 7.33. The maximum Gasteiger partial charge on any atom is 0.257 e. The van der Waals surface area contributed by atoms with E-state index in [0.717, 1.165) is 26.6 Å². The van der Waals surface area contributed by atoms with E-state index in [1.807, 2.05) is 44.0 Å². The number of aromatic amines is 1. The summed E-state index contributed by atoms with van der Waals surface area (Å²) < 4.78 is 1.04. The van der Waals surface area contributed by atoms with Crippen molar-refractivity contribution in [3.8, 4) is 0 Å². The Morgan fingerprint density at radius 1 is 1.29 bits per heavy atom.